The van der Waals surface area contributed by atoms with Gasteiger partial charge in [-0.15, -0.1) is 0 Å². The minimum absolute atomic E-state index is 0.0960. The lowest BCUT2D eigenvalue weighted by Gasteiger charge is -2.26. The summed E-state index contributed by atoms with van der Waals surface area (Å²) in [6.07, 6.45) is 4.71. The third-order valence-electron chi connectivity index (χ3n) is 5.55. The van der Waals surface area contributed by atoms with Gasteiger partial charge in [0.05, 0.1) is 18.2 Å². The summed E-state index contributed by atoms with van der Waals surface area (Å²) in [6.45, 7) is 2.66. The zero-order valence-electron chi connectivity index (χ0n) is 16.7. The molecule has 1 heterocycles. The lowest BCUT2D eigenvalue weighted by atomic mass is 9.93. The molecule has 0 saturated heterocycles. The second kappa shape index (κ2) is 8.62. The van der Waals surface area contributed by atoms with E-state index in [1.165, 1.54) is 5.56 Å². The molecule has 2 aromatic carbocycles. The molecule has 2 N–H and O–H groups in total. The highest BCUT2D eigenvalue weighted by atomic mass is 16.3. The average Bonchev–Trinajstić information content (AvgIpc) is 3.15. The largest absolute Gasteiger partial charge is 0.393 e. The number of nitrogens with one attached hydrogen (secondary N) is 1. The number of aliphatic hydroxyl groups is 1. The molecule has 1 aromatic heterocycles. The maximum absolute atomic E-state index is 13.1. The SMILES string of the molecule is Cc1ccc(-c2nn(Cc3ccccc3)cc2C(=O)NC2CCC(O)CC2)cc1. The maximum atomic E-state index is 13.1. The highest BCUT2D eigenvalue weighted by Gasteiger charge is 2.24. The van der Waals surface area contributed by atoms with Gasteiger partial charge in [0.1, 0.15) is 5.69 Å². The summed E-state index contributed by atoms with van der Waals surface area (Å²) < 4.78 is 1.84. The third-order valence-corrected chi connectivity index (χ3v) is 5.55. The highest BCUT2D eigenvalue weighted by molar-refractivity contribution is 6.00. The topological polar surface area (TPSA) is 67.2 Å². The number of nitrogens with zero attached hydrogens (tertiary/aromatic N) is 2. The van der Waals surface area contributed by atoms with Crippen molar-refractivity contribution in [1.29, 1.82) is 0 Å². The lowest BCUT2D eigenvalue weighted by Crippen LogP contribution is -2.38. The Labute approximate surface area is 171 Å². The van der Waals surface area contributed by atoms with Gasteiger partial charge in [-0.05, 0) is 38.2 Å². The number of carbonyl (C=O) groups excluding carboxylic acids is 1. The van der Waals surface area contributed by atoms with Crippen LogP contribution >= 0.6 is 0 Å². The summed E-state index contributed by atoms with van der Waals surface area (Å²) in [5.74, 6) is -0.0960. The minimum Gasteiger partial charge on any atom is -0.393 e. The summed E-state index contributed by atoms with van der Waals surface area (Å²) in [6, 6.07) is 18.3. The Morgan fingerprint density at radius 1 is 1.07 bits per heavy atom. The van der Waals surface area contributed by atoms with Gasteiger partial charge in [0.15, 0.2) is 0 Å². The van der Waals surface area contributed by atoms with Gasteiger partial charge in [0.2, 0.25) is 0 Å². The van der Waals surface area contributed by atoms with Crippen molar-refractivity contribution in [1.82, 2.24) is 15.1 Å². The molecular formula is C24H27N3O2. The van der Waals surface area contributed by atoms with E-state index in [4.69, 9.17) is 5.10 Å². The monoisotopic (exact) mass is 389 g/mol. The molecular weight excluding hydrogens is 362 g/mol. The van der Waals surface area contributed by atoms with Gasteiger partial charge in [-0.1, -0.05) is 60.2 Å². The first-order valence-corrected chi connectivity index (χ1v) is 10.3. The Kier molecular flexibility index (Phi) is 5.76. The number of hydrogen-bond acceptors (Lipinski definition) is 3. The van der Waals surface area contributed by atoms with E-state index in [9.17, 15) is 9.90 Å². The standard InChI is InChI=1S/C24H27N3O2/c1-17-7-9-19(10-8-17)23-22(24(29)25-20-11-13-21(28)14-12-20)16-27(26-23)15-18-5-3-2-4-6-18/h2-10,16,20-21,28H,11-15H2,1H3,(H,25,29). The first-order chi connectivity index (χ1) is 14.1. The maximum Gasteiger partial charge on any atom is 0.255 e. The normalized spacial score (nSPS) is 19.1. The van der Waals surface area contributed by atoms with Crippen molar-refractivity contribution in [3.8, 4) is 11.3 Å². The quantitative estimate of drug-likeness (QED) is 0.695. The van der Waals surface area contributed by atoms with E-state index in [1.54, 1.807) is 0 Å². The van der Waals surface area contributed by atoms with Crippen LogP contribution in [0.4, 0.5) is 0 Å². The second-order valence-corrected chi connectivity index (χ2v) is 7.92. The number of rotatable bonds is 5. The molecule has 0 unspecified atom stereocenters. The van der Waals surface area contributed by atoms with Crippen LogP contribution in [-0.2, 0) is 6.54 Å². The Hall–Kier alpha value is -2.92. The van der Waals surface area contributed by atoms with E-state index in [-0.39, 0.29) is 18.1 Å². The van der Waals surface area contributed by atoms with Crippen LogP contribution in [0.5, 0.6) is 0 Å². The van der Waals surface area contributed by atoms with E-state index < -0.39 is 0 Å². The van der Waals surface area contributed by atoms with Gasteiger partial charge >= 0.3 is 0 Å². The molecule has 1 aliphatic rings. The van der Waals surface area contributed by atoms with Crippen LogP contribution in [0.15, 0.2) is 60.8 Å². The molecule has 0 radical (unpaired) electrons. The highest BCUT2D eigenvalue weighted by Crippen LogP contribution is 2.24. The van der Waals surface area contributed by atoms with Crippen molar-refractivity contribution in [3.63, 3.8) is 0 Å². The van der Waals surface area contributed by atoms with Crippen LogP contribution in [0.2, 0.25) is 0 Å². The fraction of sp³-hybridized carbons (Fsp3) is 0.333. The Bertz CT molecular complexity index is 956. The van der Waals surface area contributed by atoms with E-state index >= 15 is 0 Å². The number of hydrogen-bond donors (Lipinski definition) is 2. The Balaban J connectivity index is 1.61. The molecule has 0 bridgehead atoms. The van der Waals surface area contributed by atoms with Crippen LogP contribution in [-0.4, -0.2) is 32.9 Å². The number of aryl methyl sites for hydroxylation is 1. The molecule has 29 heavy (non-hydrogen) atoms. The van der Waals surface area contributed by atoms with Gasteiger partial charge in [-0.2, -0.15) is 5.10 Å². The van der Waals surface area contributed by atoms with E-state index in [0.717, 1.165) is 36.8 Å². The molecule has 4 rings (SSSR count). The first kappa shape index (κ1) is 19.4. The van der Waals surface area contributed by atoms with Gasteiger partial charge < -0.3 is 10.4 Å². The zero-order chi connectivity index (χ0) is 20.2. The van der Waals surface area contributed by atoms with Crippen molar-refractivity contribution in [2.24, 2.45) is 0 Å². The summed E-state index contributed by atoms with van der Waals surface area (Å²) in [4.78, 5) is 13.1. The van der Waals surface area contributed by atoms with Crippen molar-refractivity contribution in [3.05, 3.63) is 77.5 Å². The number of aliphatic hydroxyl groups excluding tert-OH is 1. The fourth-order valence-corrected chi connectivity index (χ4v) is 3.85. The van der Waals surface area contributed by atoms with Gasteiger partial charge in [-0.25, -0.2) is 0 Å². The predicted octanol–water partition coefficient (Wildman–Crippen LogP) is 3.94. The Morgan fingerprint density at radius 2 is 1.76 bits per heavy atom. The molecule has 1 aliphatic carbocycles. The molecule has 5 nitrogen and oxygen atoms in total. The van der Waals surface area contributed by atoms with Crippen LogP contribution in [0, 0.1) is 6.92 Å². The molecule has 0 atom stereocenters. The second-order valence-electron chi connectivity index (χ2n) is 7.92. The smallest absolute Gasteiger partial charge is 0.255 e. The van der Waals surface area contributed by atoms with Crippen molar-refractivity contribution >= 4 is 5.91 Å². The van der Waals surface area contributed by atoms with Crippen LogP contribution in [0.25, 0.3) is 11.3 Å². The minimum atomic E-state index is -0.236. The molecule has 1 fully saturated rings. The van der Waals surface area contributed by atoms with E-state index in [2.05, 4.69) is 17.4 Å². The summed E-state index contributed by atoms with van der Waals surface area (Å²) in [7, 11) is 0. The van der Waals surface area contributed by atoms with Crippen LogP contribution in [0.1, 0.15) is 47.2 Å². The lowest BCUT2D eigenvalue weighted by molar-refractivity contribution is 0.0868. The average molecular weight is 389 g/mol. The van der Waals surface area contributed by atoms with E-state index in [0.29, 0.717) is 17.8 Å². The summed E-state index contributed by atoms with van der Waals surface area (Å²) in [5.41, 5.74) is 4.54. The van der Waals surface area contributed by atoms with Crippen molar-refractivity contribution in [2.45, 2.75) is 51.3 Å². The molecule has 0 aliphatic heterocycles. The molecule has 0 spiro atoms. The number of carbonyl (C=O) groups is 1. The molecule has 1 saturated carbocycles. The van der Waals surface area contributed by atoms with Crippen molar-refractivity contribution in [2.75, 3.05) is 0 Å². The van der Waals surface area contributed by atoms with Gasteiger partial charge in [-0.3, -0.25) is 9.48 Å². The summed E-state index contributed by atoms with van der Waals surface area (Å²) in [5, 5.41) is 17.6. The number of aromatic nitrogens is 2. The first-order valence-electron chi connectivity index (χ1n) is 10.3. The molecule has 5 heteroatoms. The predicted molar refractivity (Wildman–Crippen MR) is 114 cm³/mol. The van der Waals surface area contributed by atoms with Crippen molar-refractivity contribution < 1.29 is 9.90 Å². The van der Waals surface area contributed by atoms with Crippen LogP contribution in [0.3, 0.4) is 0 Å². The number of benzene rings is 2. The molecule has 150 valence electrons. The Morgan fingerprint density at radius 3 is 2.45 bits per heavy atom. The van der Waals surface area contributed by atoms with Crippen LogP contribution < -0.4 is 5.32 Å². The van der Waals surface area contributed by atoms with Gasteiger partial charge in [0, 0.05) is 17.8 Å². The summed E-state index contributed by atoms with van der Waals surface area (Å²) >= 11 is 0. The van der Waals surface area contributed by atoms with Gasteiger partial charge in [0.25, 0.3) is 5.91 Å². The molecule has 3 aromatic rings. The zero-order valence-corrected chi connectivity index (χ0v) is 16.7. The number of amides is 1. The van der Waals surface area contributed by atoms with E-state index in [1.807, 2.05) is 60.3 Å². The molecule has 1 amide bonds. The fourth-order valence-electron chi connectivity index (χ4n) is 3.85. The third kappa shape index (κ3) is 4.74.